The van der Waals surface area contributed by atoms with Crippen molar-refractivity contribution in [2.24, 2.45) is 0 Å². The summed E-state index contributed by atoms with van der Waals surface area (Å²) < 4.78 is 71.7. The normalized spacial score (nSPS) is 15.4. The summed E-state index contributed by atoms with van der Waals surface area (Å²) in [4.78, 5) is 46.9. The molecular formula is C32H38F3N7O9S. The third-order valence-corrected chi connectivity index (χ3v) is 10.4. The number of carbonyl (C=O) groups is 3. The number of nitrogens with two attached hydrogens (primary N) is 2. The summed E-state index contributed by atoms with van der Waals surface area (Å²) in [7, 11) is -4.49. The van der Waals surface area contributed by atoms with E-state index in [9.17, 15) is 46.2 Å². The van der Waals surface area contributed by atoms with Gasteiger partial charge in [0.1, 0.15) is 28.8 Å². The average molecular weight is 754 g/mol. The SMILES string of the molecule is CC(C)(C)NC(=O)c1nc(N)c(C(O)NCCC(=O)N2CCC(C(=O)O)(S(=O)(=O)c3ccc(Oc4ccc(OC(F)(F)F)cc4)cc3)CC2)nc1N. The number of benzene rings is 2. The maximum atomic E-state index is 13.7. The number of nitrogen functional groups attached to an aromatic ring is 2. The van der Waals surface area contributed by atoms with Gasteiger partial charge in [0.2, 0.25) is 5.91 Å². The molecule has 0 bridgehead atoms. The molecule has 1 fully saturated rings. The van der Waals surface area contributed by atoms with E-state index in [4.69, 9.17) is 16.2 Å². The average Bonchev–Trinajstić information content (AvgIpc) is 3.05. The molecule has 0 radical (unpaired) electrons. The summed E-state index contributed by atoms with van der Waals surface area (Å²) in [6.45, 7) is 4.81. The van der Waals surface area contributed by atoms with Gasteiger partial charge in [0.25, 0.3) is 5.91 Å². The van der Waals surface area contributed by atoms with Gasteiger partial charge in [-0.05, 0) is 82.1 Å². The molecule has 2 heterocycles. The van der Waals surface area contributed by atoms with E-state index in [1.807, 2.05) is 0 Å². The monoisotopic (exact) mass is 753 g/mol. The van der Waals surface area contributed by atoms with Gasteiger partial charge in [-0.15, -0.1) is 13.2 Å². The van der Waals surface area contributed by atoms with Crippen LogP contribution >= 0.6 is 0 Å². The highest BCUT2D eigenvalue weighted by Crippen LogP contribution is 2.37. The summed E-state index contributed by atoms with van der Waals surface area (Å²) >= 11 is 0. The molecule has 2 amide bonds. The first-order valence-corrected chi connectivity index (χ1v) is 17.2. The van der Waals surface area contributed by atoms with Crippen molar-refractivity contribution in [3.63, 3.8) is 0 Å². The number of carboxylic acid groups (broad SMARTS) is 1. The largest absolute Gasteiger partial charge is 0.573 e. The highest BCUT2D eigenvalue weighted by atomic mass is 32.2. The molecule has 20 heteroatoms. The van der Waals surface area contributed by atoms with Crippen LogP contribution in [0.2, 0.25) is 0 Å². The lowest BCUT2D eigenvalue weighted by Crippen LogP contribution is -2.55. The van der Waals surface area contributed by atoms with Crippen molar-refractivity contribution >= 4 is 39.3 Å². The van der Waals surface area contributed by atoms with Crippen LogP contribution in [0.1, 0.15) is 62.4 Å². The molecule has 1 aliphatic rings. The molecule has 16 nitrogen and oxygen atoms in total. The number of hydrogen-bond acceptors (Lipinski definition) is 13. The molecule has 1 unspecified atom stereocenters. The second-order valence-corrected chi connectivity index (χ2v) is 15.1. The molecule has 3 aromatic rings. The zero-order valence-corrected chi connectivity index (χ0v) is 29.0. The minimum absolute atomic E-state index is 0.0912. The number of ether oxygens (including phenoxy) is 2. The van der Waals surface area contributed by atoms with Gasteiger partial charge < -0.3 is 41.4 Å². The maximum Gasteiger partial charge on any atom is 0.573 e. The molecule has 0 spiro atoms. The van der Waals surface area contributed by atoms with Crippen LogP contribution in [-0.2, 0) is 19.4 Å². The van der Waals surface area contributed by atoms with Crippen molar-refractivity contribution in [1.29, 1.82) is 0 Å². The van der Waals surface area contributed by atoms with E-state index in [0.717, 1.165) is 24.3 Å². The molecule has 2 aromatic carbocycles. The van der Waals surface area contributed by atoms with Gasteiger partial charge in [0.15, 0.2) is 32.3 Å². The summed E-state index contributed by atoms with van der Waals surface area (Å²) in [6, 6.07) is 9.37. The molecule has 4 rings (SSSR count). The Morgan fingerprint density at radius 2 is 1.48 bits per heavy atom. The number of piperidine rings is 1. The Balaban J connectivity index is 1.33. The van der Waals surface area contributed by atoms with Gasteiger partial charge in [0.05, 0.1) is 4.90 Å². The summed E-state index contributed by atoms with van der Waals surface area (Å²) in [5.41, 5.74) is 10.8. The van der Waals surface area contributed by atoms with Crippen molar-refractivity contribution in [3.05, 3.63) is 59.9 Å². The first kappa shape index (κ1) is 39.6. The minimum Gasteiger partial charge on any atom is -0.480 e. The van der Waals surface area contributed by atoms with Crippen LogP contribution in [0.3, 0.4) is 0 Å². The predicted molar refractivity (Wildman–Crippen MR) is 179 cm³/mol. The standard InChI is InChI=1S/C32H38F3N7O9S/c1-30(2,3)41-28(45)24-26(37)39-23(25(36)40-24)27(44)38-15-12-22(43)42-16-13-31(14-17-42,29(46)47)52(48,49)21-10-8-19(9-11-21)50-18-4-6-20(7-5-18)51-32(33,34)35/h4-11,27,38,44H,12-17H2,1-3H3,(H2,36,40)(H2,37,39)(H,41,45)(H,46,47). The number of aliphatic hydroxyl groups is 1. The smallest absolute Gasteiger partial charge is 0.480 e. The van der Waals surface area contributed by atoms with E-state index in [1.165, 1.54) is 29.2 Å². The van der Waals surface area contributed by atoms with Crippen molar-refractivity contribution < 1.29 is 55.7 Å². The summed E-state index contributed by atoms with van der Waals surface area (Å²) in [5.74, 6) is -3.37. The van der Waals surface area contributed by atoms with Crippen LogP contribution in [0.25, 0.3) is 0 Å². The van der Waals surface area contributed by atoms with Crippen LogP contribution in [0.4, 0.5) is 24.8 Å². The number of halogens is 3. The van der Waals surface area contributed by atoms with Crippen molar-refractivity contribution in [3.8, 4) is 17.2 Å². The Morgan fingerprint density at radius 1 is 0.942 bits per heavy atom. The molecule has 1 aromatic heterocycles. The Morgan fingerprint density at radius 3 is 2.00 bits per heavy atom. The lowest BCUT2D eigenvalue weighted by molar-refractivity contribution is -0.274. The summed E-state index contributed by atoms with van der Waals surface area (Å²) in [6.07, 6.45) is -7.35. The number of rotatable bonds is 12. The first-order valence-electron chi connectivity index (χ1n) is 15.7. The van der Waals surface area contributed by atoms with Crippen LogP contribution in [0.15, 0.2) is 53.4 Å². The maximum absolute atomic E-state index is 13.7. The number of anilines is 2. The molecule has 1 atom stereocenters. The molecule has 0 saturated carbocycles. The van der Waals surface area contributed by atoms with Gasteiger partial charge >= 0.3 is 12.3 Å². The van der Waals surface area contributed by atoms with Gasteiger partial charge in [0, 0.05) is 31.6 Å². The fraction of sp³-hybridized carbons (Fsp3) is 0.406. The third-order valence-electron chi connectivity index (χ3n) is 7.87. The third kappa shape index (κ3) is 9.36. The van der Waals surface area contributed by atoms with Gasteiger partial charge in [-0.25, -0.2) is 18.4 Å². The molecule has 0 aliphatic carbocycles. The van der Waals surface area contributed by atoms with E-state index < -0.39 is 69.1 Å². The highest BCUT2D eigenvalue weighted by molar-refractivity contribution is 7.93. The van der Waals surface area contributed by atoms with E-state index in [0.29, 0.717) is 0 Å². The molecule has 282 valence electrons. The second-order valence-electron chi connectivity index (χ2n) is 12.8. The Hall–Kier alpha value is -5.21. The number of nitrogens with one attached hydrogen (secondary N) is 2. The zero-order valence-electron chi connectivity index (χ0n) is 28.2. The number of aromatic nitrogens is 2. The van der Waals surface area contributed by atoms with Crippen LogP contribution in [0.5, 0.6) is 17.2 Å². The number of carboxylic acids is 1. The van der Waals surface area contributed by atoms with E-state index in [-0.39, 0.29) is 65.5 Å². The van der Waals surface area contributed by atoms with Crippen LogP contribution < -0.4 is 31.6 Å². The lowest BCUT2D eigenvalue weighted by atomic mass is 9.95. The van der Waals surface area contributed by atoms with Gasteiger partial charge in [-0.2, -0.15) is 0 Å². The quantitative estimate of drug-likeness (QED) is 0.146. The van der Waals surface area contributed by atoms with Crippen molar-refractivity contribution in [2.75, 3.05) is 31.1 Å². The van der Waals surface area contributed by atoms with E-state index in [1.54, 1.807) is 20.8 Å². The number of hydrogen-bond donors (Lipinski definition) is 6. The van der Waals surface area contributed by atoms with E-state index >= 15 is 0 Å². The van der Waals surface area contributed by atoms with Gasteiger partial charge in [-0.1, -0.05) is 0 Å². The van der Waals surface area contributed by atoms with Crippen molar-refractivity contribution in [2.45, 2.75) is 67.8 Å². The molecule has 1 saturated heterocycles. The number of carbonyl (C=O) groups excluding carboxylic acids is 2. The zero-order chi connectivity index (χ0) is 38.6. The van der Waals surface area contributed by atoms with Crippen LogP contribution in [0, 0.1) is 0 Å². The Labute approximate surface area is 296 Å². The Bertz CT molecular complexity index is 1900. The highest BCUT2D eigenvalue weighted by Gasteiger charge is 2.53. The fourth-order valence-corrected chi connectivity index (χ4v) is 7.18. The number of nitrogens with zero attached hydrogens (tertiary/aromatic N) is 3. The summed E-state index contributed by atoms with van der Waals surface area (Å²) in [5, 5.41) is 26.0. The number of sulfone groups is 1. The minimum atomic E-state index is -4.86. The molecule has 8 N–H and O–H groups in total. The molecule has 52 heavy (non-hydrogen) atoms. The lowest BCUT2D eigenvalue weighted by Gasteiger charge is -2.38. The molecular weight excluding hydrogens is 715 g/mol. The van der Waals surface area contributed by atoms with E-state index in [2.05, 4.69) is 25.3 Å². The number of likely N-dealkylation sites (tertiary alicyclic amines) is 1. The first-order chi connectivity index (χ1) is 24.1. The molecule has 1 aliphatic heterocycles. The number of alkyl halides is 3. The number of aliphatic hydroxyl groups excluding tert-OH is 1. The predicted octanol–water partition coefficient (Wildman–Crippen LogP) is 2.75. The van der Waals surface area contributed by atoms with Gasteiger partial charge in [-0.3, -0.25) is 19.7 Å². The van der Waals surface area contributed by atoms with Crippen LogP contribution in [-0.4, -0.2) is 87.6 Å². The number of aliphatic carboxylic acids is 1. The topological polar surface area (TPSA) is 249 Å². The Kier molecular flexibility index (Phi) is 11.6. The van der Waals surface area contributed by atoms with Crippen molar-refractivity contribution in [1.82, 2.24) is 25.5 Å². The second kappa shape index (κ2) is 15.2. The fourth-order valence-electron chi connectivity index (χ4n) is 5.29. The number of amides is 2.